The van der Waals surface area contributed by atoms with Gasteiger partial charge in [-0.25, -0.2) is 17.8 Å². The Morgan fingerprint density at radius 3 is 2.38 bits per heavy atom. The average molecular weight is 572 g/mol. The lowest BCUT2D eigenvalue weighted by Gasteiger charge is -2.24. The zero-order chi connectivity index (χ0) is 29.0. The van der Waals surface area contributed by atoms with Crippen molar-refractivity contribution >= 4 is 9.84 Å². The van der Waals surface area contributed by atoms with Crippen molar-refractivity contribution < 1.29 is 31.8 Å². The van der Waals surface area contributed by atoms with Gasteiger partial charge < -0.3 is 14.6 Å². The van der Waals surface area contributed by atoms with Gasteiger partial charge >= 0.3 is 0 Å². The predicted octanol–water partition coefficient (Wildman–Crippen LogP) is 4.28. The fraction of sp³-hybridized carbons (Fsp3) is 0.250. The lowest BCUT2D eigenvalue weighted by molar-refractivity contribution is 0.0557. The van der Waals surface area contributed by atoms with Gasteiger partial charge in [0.15, 0.2) is 4.90 Å². The number of pyridine rings is 1. The van der Waals surface area contributed by atoms with E-state index >= 15 is 4.39 Å². The number of sulfone groups is 1. The molecule has 4 aromatic rings. The largest absolute Gasteiger partial charge is 0.492 e. The Kier molecular flexibility index (Phi) is 8.72. The van der Waals surface area contributed by atoms with Crippen LogP contribution in [0.15, 0.2) is 81.4 Å². The summed E-state index contributed by atoms with van der Waals surface area (Å²) >= 11 is 0. The first-order chi connectivity index (χ1) is 19.0. The molecule has 40 heavy (non-hydrogen) atoms. The van der Waals surface area contributed by atoms with Crippen molar-refractivity contribution in [3.8, 4) is 17.0 Å². The smallest absolute Gasteiger partial charge is 0.277 e. The molecule has 210 valence electrons. The van der Waals surface area contributed by atoms with Crippen LogP contribution in [0.4, 0.5) is 8.78 Å². The first-order valence-electron chi connectivity index (χ1n) is 12.2. The zero-order valence-corrected chi connectivity index (χ0v) is 22.7. The standard InChI is InChI=1S/C28H27F2N3O6S/c1-17(2)39-16-25-32-27(34)26(28(35)33(25)23(15-38-3)18-7-5-4-6-8-18)40(36,37)20-10-11-21(22(29)13-20)19-9-12-24(30)31-14-19/h4-14,17,23,34H,15-16H2,1-3H3/t23-/m0/s1. The van der Waals surface area contributed by atoms with E-state index in [2.05, 4.69) is 9.97 Å². The third kappa shape index (κ3) is 5.93. The number of halogens is 2. The van der Waals surface area contributed by atoms with E-state index in [9.17, 15) is 22.7 Å². The van der Waals surface area contributed by atoms with Crippen LogP contribution in [0.5, 0.6) is 5.88 Å². The summed E-state index contributed by atoms with van der Waals surface area (Å²) in [5.74, 6) is -2.77. The maximum absolute atomic E-state index is 15.1. The van der Waals surface area contributed by atoms with Crippen molar-refractivity contribution in [1.82, 2.24) is 14.5 Å². The van der Waals surface area contributed by atoms with Crippen molar-refractivity contribution in [2.24, 2.45) is 0 Å². The van der Waals surface area contributed by atoms with Crippen LogP contribution in [0.3, 0.4) is 0 Å². The Balaban J connectivity index is 1.89. The predicted molar refractivity (Wildman–Crippen MR) is 142 cm³/mol. The first-order valence-corrected chi connectivity index (χ1v) is 13.7. The highest BCUT2D eigenvalue weighted by atomic mass is 32.2. The van der Waals surface area contributed by atoms with Crippen LogP contribution >= 0.6 is 0 Å². The van der Waals surface area contributed by atoms with Gasteiger partial charge in [-0.2, -0.15) is 9.37 Å². The van der Waals surface area contributed by atoms with Crippen molar-refractivity contribution in [1.29, 1.82) is 0 Å². The SMILES string of the molecule is COC[C@@H](c1ccccc1)n1c(COC(C)C)nc(O)c(S(=O)(=O)c2ccc(-c3ccc(F)nc3)c(F)c2)c1=O. The Hall–Kier alpha value is -4.00. The normalized spacial score (nSPS) is 12.6. The van der Waals surface area contributed by atoms with Crippen LogP contribution in [-0.4, -0.2) is 47.9 Å². The number of aromatic hydroxyl groups is 1. The first kappa shape index (κ1) is 29.0. The summed E-state index contributed by atoms with van der Waals surface area (Å²) in [6.45, 7) is 3.30. The highest BCUT2D eigenvalue weighted by molar-refractivity contribution is 7.91. The van der Waals surface area contributed by atoms with Gasteiger partial charge in [0.2, 0.25) is 21.7 Å². The van der Waals surface area contributed by atoms with Gasteiger partial charge in [-0.1, -0.05) is 36.4 Å². The molecule has 1 atom stereocenters. The summed E-state index contributed by atoms with van der Waals surface area (Å²) < 4.78 is 67.7. The molecule has 0 aliphatic rings. The summed E-state index contributed by atoms with van der Waals surface area (Å²) in [5.41, 5.74) is -0.268. The van der Waals surface area contributed by atoms with E-state index < -0.39 is 48.9 Å². The molecule has 9 nitrogen and oxygen atoms in total. The molecular weight excluding hydrogens is 544 g/mol. The summed E-state index contributed by atoms with van der Waals surface area (Å²) in [6.07, 6.45) is 0.847. The summed E-state index contributed by atoms with van der Waals surface area (Å²) in [4.78, 5) is 19.8. The second-order valence-electron chi connectivity index (χ2n) is 9.11. The second kappa shape index (κ2) is 12.0. The van der Waals surface area contributed by atoms with E-state index in [-0.39, 0.29) is 36.3 Å². The molecule has 2 aromatic carbocycles. The molecule has 2 heterocycles. The maximum Gasteiger partial charge on any atom is 0.277 e. The Morgan fingerprint density at radius 2 is 1.77 bits per heavy atom. The molecule has 0 aliphatic carbocycles. The van der Waals surface area contributed by atoms with Crippen LogP contribution in [0, 0.1) is 11.8 Å². The number of hydrogen-bond acceptors (Lipinski definition) is 8. The van der Waals surface area contributed by atoms with Crippen molar-refractivity contribution in [2.75, 3.05) is 13.7 Å². The van der Waals surface area contributed by atoms with Crippen LogP contribution in [0.2, 0.25) is 0 Å². The van der Waals surface area contributed by atoms with Crippen molar-refractivity contribution in [2.45, 2.75) is 42.4 Å². The van der Waals surface area contributed by atoms with Crippen LogP contribution < -0.4 is 5.56 Å². The highest BCUT2D eigenvalue weighted by Crippen LogP contribution is 2.30. The molecule has 1 N–H and O–H groups in total. The molecule has 4 rings (SSSR count). The van der Waals surface area contributed by atoms with E-state index in [0.29, 0.717) is 5.56 Å². The molecule has 0 spiro atoms. The molecule has 0 bridgehead atoms. The highest BCUT2D eigenvalue weighted by Gasteiger charge is 2.32. The molecule has 0 unspecified atom stereocenters. The lowest BCUT2D eigenvalue weighted by atomic mass is 10.1. The molecule has 0 saturated carbocycles. The summed E-state index contributed by atoms with van der Waals surface area (Å²) in [6, 6.07) is 13.2. The number of nitrogens with zero attached hydrogens (tertiary/aromatic N) is 3. The number of ether oxygens (including phenoxy) is 2. The second-order valence-corrected chi connectivity index (χ2v) is 11.0. The molecular formula is C28H27F2N3O6S. The number of hydrogen-bond donors (Lipinski definition) is 1. The van der Waals surface area contributed by atoms with Crippen LogP contribution in [0.1, 0.15) is 31.3 Å². The third-order valence-electron chi connectivity index (χ3n) is 6.05. The molecule has 0 fully saturated rings. The van der Waals surface area contributed by atoms with Gasteiger partial charge in [0, 0.05) is 24.4 Å². The summed E-state index contributed by atoms with van der Waals surface area (Å²) in [5, 5.41) is 10.7. The fourth-order valence-electron chi connectivity index (χ4n) is 4.15. The Bertz CT molecular complexity index is 1660. The zero-order valence-electron chi connectivity index (χ0n) is 21.9. The van der Waals surface area contributed by atoms with E-state index in [1.54, 1.807) is 44.2 Å². The van der Waals surface area contributed by atoms with Crippen molar-refractivity contribution in [3.05, 3.63) is 100 Å². The molecule has 0 aliphatic heterocycles. The third-order valence-corrected chi connectivity index (χ3v) is 7.82. The molecule has 0 amide bonds. The average Bonchev–Trinajstić information content (AvgIpc) is 2.92. The fourth-order valence-corrected chi connectivity index (χ4v) is 5.51. The van der Waals surface area contributed by atoms with Gasteiger partial charge in [-0.3, -0.25) is 9.36 Å². The minimum absolute atomic E-state index is 0.0219. The van der Waals surface area contributed by atoms with E-state index in [0.717, 1.165) is 29.0 Å². The monoisotopic (exact) mass is 571 g/mol. The Morgan fingerprint density at radius 1 is 1.05 bits per heavy atom. The Labute approximate surface area is 229 Å². The topological polar surface area (TPSA) is 121 Å². The van der Waals surface area contributed by atoms with Gasteiger partial charge in [-0.05, 0) is 43.7 Å². The number of methoxy groups -OCH3 is 1. The van der Waals surface area contributed by atoms with E-state index in [1.165, 1.54) is 19.2 Å². The molecule has 0 saturated heterocycles. The minimum atomic E-state index is -4.77. The van der Waals surface area contributed by atoms with Crippen molar-refractivity contribution in [3.63, 3.8) is 0 Å². The maximum atomic E-state index is 15.1. The van der Waals surface area contributed by atoms with Crippen LogP contribution in [0.25, 0.3) is 11.1 Å². The number of rotatable bonds is 10. The van der Waals surface area contributed by atoms with E-state index in [4.69, 9.17) is 9.47 Å². The van der Waals surface area contributed by atoms with E-state index in [1.807, 2.05) is 0 Å². The summed E-state index contributed by atoms with van der Waals surface area (Å²) in [7, 11) is -3.34. The van der Waals surface area contributed by atoms with Crippen LogP contribution in [-0.2, 0) is 25.9 Å². The molecule has 0 radical (unpaired) electrons. The van der Waals surface area contributed by atoms with Gasteiger partial charge in [-0.15, -0.1) is 0 Å². The molecule has 2 aromatic heterocycles. The van der Waals surface area contributed by atoms with Gasteiger partial charge in [0.1, 0.15) is 18.2 Å². The van der Waals surface area contributed by atoms with Gasteiger partial charge in [0.05, 0.1) is 23.6 Å². The van der Waals surface area contributed by atoms with Gasteiger partial charge in [0.25, 0.3) is 5.56 Å². The number of benzene rings is 2. The lowest BCUT2D eigenvalue weighted by Crippen LogP contribution is -2.35. The minimum Gasteiger partial charge on any atom is -0.492 e. The quantitative estimate of drug-likeness (QED) is 0.280. The molecule has 12 heteroatoms. The number of aromatic nitrogens is 3.